The number of nitrogens with two attached hydrogens (primary N) is 1. The van der Waals surface area contributed by atoms with E-state index in [-0.39, 0.29) is 17.3 Å². The topological polar surface area (TPSA) is 107 Å². The number of halogens is 1. The van der Waals surface area contributed by atoms with Gasteiger partial charge in [0.25, 0.3) is 0 Å². The number of carbonyl (C=O) groups is 1. The summed E-state index contributed by atoms with van der Waals surface area (Å²) in [6.45, 7) is 4.70. The van der Waals surface area contributed by atoms with Crippen molar-refractivity contribution in [1.29, 1.82) is 0 Å². The molecule has 0 saturated carbocycles. The van der Waals surface area contributed by atoms with Crippen molar-refractivity contribution in [1.82, 2.24) is 19.6 Å². The van der Waals surface area contributed by atoms with Gasteiger partial charge < -0.3 is 15.8 Å². The molecule has 1 aliphatic heterocycles. The molecule has 0 fully saturated rings. The van der Waals surface area contributed by atoms with Gasteiger partial charge in [0.1, 0.15) is 4.83 Å². The van der Waals surface area contributed by atoms with Crippen molar-refractivity contribution < 1.29 is 9.53 Å². The average molecular weight is 475 g/mol. The molecule has 11 heteroatoms. The van der Waals surface area contributed by atoms with Crippen molar-refractivity contribution in [2.24, 2.45) is 0 Å². The van der Waals surface area contributed by atoms with E-state index in [1.54, 1.807) is 40.0 Å². The lowest BCUT2D eigenvalue weighted by Crippen LogP contribution is -2.31. The zero-order valence-electron chi connectivity index (χ0n) is 16.8. The van der Waals surface area contributed by atoms with Gasteiger partial charge in [-0.2, -0.15) is 0 Å². The maximum Gasteiger partial charge on any atom is 0.234 e. The summed E-state index contributed by atoms with van der Waals surface area (Å²) >= 11 is 8.72. The zero-order valence-corrected chi connectivity index (χ0v) is 19.2. The molecule has 8 nitrogen and oxygen atoms in total. The van der Waals surface area contributed by atoms with E-state index in [0.717, 1.165) is 21.5 Å². The molecule has 0 saturated heterocycles. The molecule has 1 aromatic carbocycles. The number of hydrogen-bond acceptors (Lipinski definition) is 8. The van der Waals surface area contributed by atoms with Crippen LogP contribution in [-0.2, 0) is 22.6 Å². The molecular formula is C20H19ClN6O2S2. The van der Waals surface area contributed by atoms with Crippen LogP contribution < -0.4 is 11.1 Å². The van der Waals surface area contributed by atoms with Gasteiger partial charge in [0.15, 0.2) is 10.8 Å². The monoisotopic (exact) mass is 474 g/mol. The number of rotatable bonds is 4. The summed E-state index contributed by atoms with van der Waals surface area (Å²) in [4.78, 5) is 18.9. The fourth-order valence-electron chi connectivity index (χ4n) is 3.59. The van der Waals surface area contributed by atoms with Gasteiger partial charge in [-0.1, -0.05) is 23.4 Å². The molecule has 3 aromatic heterocycles. The average Bonchev–Trinajstić information content (AvgIpc) is 3.28. The number of nitrogen functional groups attached to an aromatic ring is 1. The van der Waals surface area contributed by atoms with Gasteiger partial charge in [0, 0.05) is 22.0 Å². The van der Waals surface area contributed by atoms with Gasteiger partial charge in [-0.05, 0) is 43.7 Å². The van der Waals surface area contributed by atoms with Crippen molar-refractivity contribution in [2.75, 3.05) is 16.8 Å². The van der Waals surface area contributed by atoms with Crippen molar-refractivity contribution in [3.8, 4) is 0 Å². The van der Waals surface area contributed by atoms with E-state index in [0.29, 0.717) is 34.1 Å². The summed E-state index contributed by atoms with van der Waals surface area (Å²) < 4.78 is 7.66. The number of ether oxygens (including phenoxy) is 1. The minimum atomic E-state index is -0.253. The van der Waals surface area contributed by atoms with Crippen LogP contribution in [0.25, 0.3) is 15.9 Å². The Bertz CT molecular complexity index is 1320. The van der Waals surface area contributed by atoms with Crippen LogP contribution in [0.15, 0.2) is 29.4 Å². The summed E-state index contributed by atoms with van der Waals surface area (Å²) in [5.41, 5.74) is 8.53. The molecule has 1 aliphatic rings. The highest BCUT2D eigenvalue weighted by atomic mass is 35.5. The van der Waals surface area contributed by atoms with Crippen LogP contribution in [0.5, 0.6) is 0 Å². The molecule has 0 spiro atoms. The maximum atomic E-state index is 12.4. The van der Waals surface area contributed by atoms with Crippen LogP contribution in [0.4, 0.5) is 11.6 Å². The van der Waals surface area contributed by atoms with Gasteiger partial charge in [0.05, 0.1) is 23.3 Å². The first-order valence-electron chi connectivity index (χ1n) is 9.58. The van der Waals surface area contributed by atoms with Crippen LogP contribution in [0.3, 0.4) is 0 Å². The Morgan fingerprint density at radius 2 is 2.13 bits per heavy atom. The van der Waals surface area contributed by atoms with Crippen LogP contribution in [0.1, 0.15) is 24.3 Å². The molecule has 1 amide bonds. The molecule has 0 atom stereocenters. The summed E-state index contributed by atoms with van der Waals surface area (Å²) in [6, 6.07) is 6.95. The van der Waals surface area contributed by atoms with E-state index in [4.69, 9.17) is 22.1 Å². The second kappa shape index (κ2) is 7.63. The van der Waals surface area contributed by atoms with E-state index in [1.807, 2.05) is 0 Å². The molecule has 3 N–H and O–H groups in total. The van der Waals surface area contributed by atoms with Crippen molar-refractivity contribution in [3.63, 3.8) is 0 Å². The molecule has 5 rings (SSSR count). The van der Waals surface area contributed by atoms with Crippen molar-refractivity contribution in [2.45, 2.75) is 37.6 Å². The SMILES string of the molecule is CC1(C)Cc2c(sc3nc(N)n4c(SCC(=O)Nc5ccc(Cl)cc5)nnc4c23)CO1. The zero-order chi connectivity index (χ0) is 21.8. The standard InChI is InChI=1S/C20H19ClN6O2S2/c1-20(2)7-12-13(8-29-20)31-17-15(12)16-25-26-19(27(16)18(22)24-17)30-9-14(28)23-11-5-3-10(21)4-6-11/h3-6H,7-9H2,1-2H3,(H2,22,24)(H,23,28). The van der Waals surface area contributed by atoms with Gasteiger partial charge >= 0.3 is 0 Å². The summed E-state index contributed by atoms with van der Waals surface area (Å²) in [5, 5.41) is 13.6. The Morgan fingerprint density at radius 1 is 1.35 bits per heavy atom. The van der Waals surface area contributed by atoms with Crippen LogP contribution in [0, 0.1) is 0 Å². The Kier molecular flexibility index (Phi) is 5.04. The largest absolute Gasteiger partial charge is 0.370 e. The van der Waals surface area contributed by atoms with Crippen LogP contribution in [0.2, 0.25) is 5.02 Å². The van der Waals surface area contributed by atoms with Gasteiger partial charge in [-0.15, -0.1) is 21.5 Å². The third-order valence-corrected chi connectivity index (χ3v) is 7.31. The number of benzene rings is 1. The number of carbonyl (C=O) groups excluding carboxylic acids is 1. The second-order valence-electron chi connectivity index (χ2n) is 7.86. The first-order valence-corrected chi connectivity index (χ1v) is 11.8. The Morgan fingerprint density at radius 3 is 2.90 bits per heavy atom. The Balaban J connectivity index is 1.44. The minimum Gasteiger partial charge on any atom is -0.370 e. The second-order valence-corrected chi connectivity index (χ2v) is 10.3. The molecule has 31 heavy (non-hydrogen) atoms. The minimum absolute atomic E-state index is 0.156. The number of hydrogen-bond donors (Lipinski definition) is 2. The van der Waals surface area contributed by atoms with Gasteiger partial charge in [0.2, 0.25) is 11.9 Å². The third-order valence-electron chi connectivity index (χ3n) is 5.03. The molecule has 4 aromatic rings. The highest BCUT2D eigenvalue weighted by Crippen LogP contribution is 2.40. The number of fused-ring (bicyclic) bond motifs is 5. The maximum absolute atomic E-state index is 12.4. The molecule has 0 aliphatic carbocycles. The quantitative estimate of drug-likeness (QED) is 0.427. The normalized spacial score (nSPS) is 15.3. The van der Waals surface area contributed by atoms with E-state index >= 15 is 0 Å². The number of thiophene rings is 1. The summed E-state index contributed by atoms with van der Waals surface area (Å²) in [7, 11) is 0. The van der Waals surface area contributed by atoms with E-state index in [1.165, 1.54) is 17.3 Å². The number of nitrogens with one attached hydrogen (secondary N) is 1. The lowest BCUT2D eigenvalue weighted by atomic mass is 9.94. The number of nitrogens with zero attached hydrogens (tertiary/aromatic N) is 4. The summed E-state index contributed by atoms with van der Waals surface area (Å²) in [5.74, 6) is 0.291. The Labute approximate surface area is 191 Å². The van der Waals surface area contributed by atoms with E-state index in [9.17, 15) is 4.79 Å². The fraction of sp³-hybridized carbons (Fsp3) is 0.300. The smallest absolute Gasteiger partial charge is 0.234 e. The predicted octanol–water partition coefficient (Wildman–Crippen LogP) is 4.16. The number of aromatic nitrogens is 4. The number of amides is 1. The summed E-state index contributed by atoms with van der Waals surface area (Å²) in [6.07, 6.45) is 0.766. The van der Waals surface area contributed by atoms with Crippen molar-refractivity contribution >= 4 is 68.1 Å². The first-order chi connectivity index (χ1) is 14.8. The third kappa shape index (κ3) is 3.84. The predicted molar refractivity (Wildman–Crippen MR) is 124 cm³/mol. The van der Waals surface area contributed by atoms with Gasteiger partial charge in [-0.3, -0.25) is 4.79 Å². The van der Waals surface area contributed by atoms with E-state index < -0.39 is 0 Å². The van der Waals surface area contributed by atoms with Gasteiger partial charge in [-0.25, -0.2) is 9.38 Å². The molecular weight excluding hydrogens is 456 g/mol. The first kappa shape index (κ1) is 20.5. The molecule has 0 unspecified atom stereocenters. The molecule has 0 radical (unpaired) electrons. The lowest BCUT2D eigenvalue weighted by molar-refractivity contribution is -0.113. The molecule has 0 bridgehead atoms. The molecule has 160 valence electrons. The molecule has 4 heterocycles. The number of anilines is 2. The highest BCUT2D eigenvalue weighted by Gasteiger charge is 2.31. The van der Waals surface area contributed by atoms with E-state index in [2.05, 4.69) is 34.3 Å². The van der Waals surface area contributed by atoms with Crippen LogP contribution in [-0.4, -0.2) is 36.8 Å². The van der Waals surface area contributed by atoms with Crippen LogP contribution >= 0.6 is 34.7 Å². The van der Waals surface area contributed by atoms with Crippen molar-refractivity contribution in [3.05, 3.63) is 39.7 Å². The fourth-order valence-corrected chi connectivity index (χ4v) is 5.57. The highest BCUT2D eigenvalue weighted by molar-refractivity contribution is 7.99. The lowest BCUT2D eigenvalue weighted by Gasteiger charge is -2.30. The Hall–Kier alpha value is -2.40. The number of thioether (sulfide) groups is 1.